The monoisotopic (exact) mass is 291 g/mol. The highest BCUT2D eigenvalue weighted by atomic mass is 16.5. The molecule has 1 N–H and O–H groups in total. The Kier molecular flexibility index (Phi) is 6.14. The average molecular weight is 291 g/mol. The van der Waals surface area contributed by atoms with E-state index in [0.29, 0.717) is 24.8 Å². The van der Waals surface area contributed by atoms with E-state index in [1.165, 1.54) is 0 Å². The topological polar surface area (TPSA) is 54.5 Å². The third-order valence-electron chi connectivity index (χ3n) is 3.88. The Morgan fingerprint density at radius 1 is 1.48 bits per heavy atom. The van der Waals surface area contributed by atoms with Gasteiger partial charge in [0.25, 0.3) is 5.91 Å². The molecule has 0 saturated carbocycles. The van der Waals surface area contributed by atoms with Crippen LogP contribution in [0.4, 0.5) is 0 Å². The number of aryl methyl sites for hydroxylation is 1. The van der Waals surface area contributed by atoms with E-state index in [-0.39, 0.29) is 5.91 Å². The van der Waals surface area contributed by atoms with Crippen LogP contribution in [0, 0.1) is 6.92 Å². The quantitative estimate of drug-likeness (QED) is 0.809. The van der Waals surface area contributed by atoms with Crippen molar-refractivity contribution in [3.8, 4) is 0 Å². The van der Waals surface area contributed by atoms with Gasteiger partial charge in [-0.05, 0) is 45.4 Å². The molecule has 0 bridgehead atoms. The van der Waals surface area contributed by atoms with E-state index in [0.717, 1.165) is 38.0 Å². The lowest BCUT2D eigenvalue weighted by Crippen LogP contribution is -2.34. The number of hydrogen-bond donors (Lipinski definition) is 1. The van der Waals surface area contributed by atoms with Crippen LogP contribution in [0.25, 0.3) is 0 Å². The van der Waals surface area contributed by atoms with Gasteiger partial charge in [0, 0.05) is 38.1 Å². The summed E-state index contributed by atoms with van der Waals surface area (Å²) in [6.45, 7) is 5.42. The van der Waals surface area contributed by atoms with Crippen molar-refractivity contribution in [2.75, 3.05) is 33.3 Å². The normalized spacial score (nSPS) is 16.9. The molecule has 1 amide bonds. The van der Waals surface area contributed by atoms with Gasteiger partial charge in [0.05, 0.1) is 11.7 Å². The zero-order valence-corrected chi connectivity index (χ0v) is 13.0. The van der Waals surface area contributed by atoms with Gasteiger partial charge in [-0.2, -0.15) is 0 Å². The third kappa shape index (κ3) is 5.10. The van der Waals surface area contributed by atoms with Crippen LogP contribution in [0.1, 0.15) is 35.3 Å². The first-order chi connectivity index (χ1) is 10.2. The number of carbonyl (C=O) groups is 1. The van der Waals surface area contributed by atoms with Gasteiger partial charge in [-0.15, -0.1) is 0 Å². The molecule has 2 rings (SSSR count). The minimum absolute atomic E-state index is 0.0557. The second-order valence-corrected chi connectivity index (χ2v) is 5.62. The van der Waals surface area contributed by atoms with Gasteiger partial charge in [-0.25, -0.2) is 0 Å². The van der Waals surface area contributed by atoms with E-state index in [9.17, 15) is 4.79 Å². The molecule has 21 heavy (non-hydrogen) atoms. The summed E-state index contributed by atoms with van der Waals surface area (Å²) in [4.78, 5) is 18.4. The van der Waals surface area contributed by atoms with Crippen LogP contribution in [-0.4, -0.2) is 55.2 Å². The van der Waals surface area contributed by atoms with Crippen molar-refractivity contribution in [1.29, 1.82) is 0 Å². The van der Waals surface area contributed by atoms with Crippen molar-refractivity contribution in [1.82, 2.24) is 15.2 Å². The molecule has 1 fully saturated rings. The predicted molar refractivity (Wildman–Crippen MR) is 82.4 cm³/mol. The number of carbonyl (C=O) groups excluding carboxylic acids is 1. The highest BCUT2D eigenvalue weighted by molar-refractivity contribution is 5.95. The summed E-state index contributed by atoms with van der Waals surface area (Å²) in [7, 11) is 2.15. The van der Waals surface area contributed by atoms with Gasteiger partial charge in [0.1, 0.15) is 0 Å². The molecule has 1 aromatic rings. The zero-order chi connectivity index (χ0) is 15.1. The Morgan fingerprint density at radius 2 is 2.24 bits per heavy atom. The lowest BCUT2D eigenvalue weighted by molar-refractivity contribution is 0.0117. The smallest absolute Gasteiger partial charge is 0.253 e. The number of aromatic nitrogens is 1. The van der Waals surface area contributed by atoms with Crippen molar-refractivity contribution < 1.29 is 9.53 Å². The number of piperidine rings is 1. The van der Waals surface area contributed by atoms with E-state index in [1.807, 2.05) is 6.92 Å². The first-order valence-corrected chi connectivity index (χ1v) is 7.67. The fourth-order valence-electron chi connectivity index (χ4n) is 2.50. The Bertz CT molecular complexity index is 457. The van der Waals surface area contributed by atoms with Crippen LogP contribution in [0.15, 0.2) is 18.3 Å². The maximum absolute atomic E-state index is 12.0. The first-order valence-electron chi connectivity index (χ1n) is 7.67. The molecule has 0 unspecified atom stereocenters. The molecule has 5 nitrogen and oxygen atoms in total. The van der Waals surface area contributed by atoms with Crippen molar-refractivity contribution in [2.45, 2.75) is 32.3 Å². The van der Waals surface area contributed by atoms with E-state index in [1.54, 1.807) is 18.3 Å². The number of likely N-dealkylation sites (tertiary alicyclic amines) is 1. The van der Waals surface area contributed by atoms with Crippen LogP contribution in [0.2, 0.25) is 0 Å². The molecule has 116 valence electrons. The van der Waals surface area contributed by atoms with Crippen LogP contribution in [-0.2, 0) is 4.74 Å². The highest BCUT2D eigenvalue weighted by Gasteiger charge is 2.16. The van der Waals surface area contributed by atoms with Gasteiger partial charge in [-0.3, -0.25) is 9.78 Å². The minimum atomic E-state index is -0.0557. The SMILES string of the molecule is Cc1ncccc1C(=O)NCCCOC1CCN(C)CC1. The van der Waals surface area contributed by atoms with Crippen molar-refractivity contribution in [2.24, 2.45) is 0 Å². The fourth-order valence-corrected chi connectivity index (χ4v) is 2.50. The van der Waals surface area contributed by atoms with Crippen LogP contribution < -0.4 is 5.32 Å². The van der Waals surface area contributed by atoms with Crippen LogP contribution in [0.5, 0.6) is 0 Å². The highest BCUT2D eigenvalue weighted by Crippen LogP contribution is 2.12. The zero-order valence-electron chi connectivity index (χ0n) is 13.0. The maximum atomic E-state index is 12.0. The van der Waals surface area contributed by atoms with E-state index >= 15 is 0 Å². The Hall–Kier alpha value is -1.46. The summed E-state index contributed by atoms with van der Waals surface area (Å²) in [5.41, 5.74) is 1.41. The summed E-state index contributed by atoms with van der Waals surface area (Å²) >= 11 is 0. The number of amides is 1. The number of ether oxygens (including phenoxy) is 1. The Balaban J connectivity index is 1.60. The summed E-state index contributed by atoms with van der Waals surface area (Å²) in [6.07, 6.45) is 5.14. The second kappa shape index (κ2) is 8.10. The molecule has 1 saturated heterocycles. The second-order valence-electron chi connectivity index (χ2n) is 5.62. The molecule has 0 aliphatic carbocycles. The summed E-state index contributed by atoms with van der Waals surface area (Å²) < 4.78 is 5.85. The molecular weight excluding hydrogens is 266 g/mol. The molecule has 0 aromatic carbocycles. The third-order valence-corrected chi connectivity index (χ3v) is 3.88. The molecule has 0 spiro atoms. The summed E-state index contributed by atoms with van der Waals surface area (Å²) in [6, 6.07) is 3.58. The molecule has 1 aliphatic rings. The number of pyridine rings is 1. The molecule has 5 heteroatoms. The first kappa shape index (κ1) is 15.9. The van der Waals surface area contributed by atoms with Gasteiger partial charge in [0.2, 0.25) is 0 Å². The van der Waals surface area contributed by atoms with Gasteiger partial charge in [-0.1, -0.05) is 0 Å². The molecule has 0 atom stereocenters. The Labute approximate surface area is 126 Å². The standard InChI is InChI=1S/C16H25N3O2/c1-13-15(5-3-8-17-13)16(20)18-9-4-12-21-14-6-10-19(2)11-7-14/h3,5,8,14H,4,6-7,9-12H2,1-2H3,(H,18,20). The van der Waals surface area contributed by atoms with Crippen molar-refractivity contribution >= 4 is 5.91 Å². The van der Waals surface area contributed by atoms with Crippen LogP contribution in [0.3, 0.4) is 0 Å². The lowest BCUT2D eigenvalue weighted by Gasteiger charge is -2.28. The van der Waals surface area contributed by atoms with E-state index < -0.39 is 0 Å². The summed E-state index contributed by atoms with van der Waals surface area (Å²) in [5, 5.41) is 2.92. The molecule has 2 heterocycles. The number of hydrogen-bond acceptors (Lipinski definition) is 4. The van der Waals surface area contributed by atoms with Crippen LogP contribution >= 0.6 is 0 Å². The number of rotatable bonds is 6. The number of nitrogens with zero attached hydrogens (tertiary/aromatic N) is 2. The average Bonchev–Trinajstić information content (AvgIpc) is 2.49. The minimum Gasteiger partial charge on any atom is -0.378 e. The fraction of sp³-hybridized carbons (Fsp3) is 0.625. The summed E-state index contributed by atoms with van der Waals surface area (Å²) in [5.74, 6) is -0.0557. The molecular formula is C16H25N3O2. The lowest BCUT2D eigenvalue weighted by atomic mass is 10.1. The van der Waals surface area contributed by atoms with Gasteiger partial charge < -0.3 is 15.0 Å². The van der Waals surface area contributed by atoms with Crippen molar-refractivity contribution in [3.05, 3.63) is 29.6 Å². The molecule has 0 radical (unpaired) electrons. The molecule has 1 aliphatic heterocycles. The maximum Gasteiger partial charge on any atom is 0.253 e. The number of nitrogens with one attached hydrogen (secondary N) is 1. The Morgan fingerprint density at radius 3 is 2.95 bits per heavy atom. The van der Waals surface area contributed by atoms with Crippen molar-refractivity contribution in [3.63, 3.8) is 0 Å². The van der Waals surface area contributed by atoms with E-state index in [4.69, 9.17) is 4.74 Å². The van der Waals surface area contributed by atoms with E-state index in [2.05, 4.69) is 22.2 Å². The molecule has 1 aromatic heterocycles. The largest absolute Gasteiger partial charge is 0.378 e. The van der Waals surface area contributed by atoms with Gasteiger partial charge >= 0.3 is 0 Å². The van der Waals surface area contributed by atoms with Gasteiger partial charge in [0.15, 0.2) is 0 Å². The predicted octanol–water partition coefficient (Wildman–Crippen LogP) is 1.62.